The fraction of sp³-hybridized carbons (Fsp3) is 0.500. The van der Waals surface area contributed by atoms with Gasteiger partial charge in [0.05, 0.1) is 11.6 Å². The monoisotopic (exact) mass is 346 g/mol. The molecule has 25 heavy (non-hydrogen) atoms. The van der Waals surface area contributed by atoms with Crippen molar-refractivity contribution in [3.05, 3.63) is 24.3 Å². The molecule has 0 aromatic heterocycles. The zero-order valence-corrected chi connectivity index (χ0v) is 14.1. The van der Waals surface area contributed by atoms with Crippen molar-refractivity contribution in [3.8, 4) is 5.75 Å². The van der Waals surface area contributed by atoms with Crippen LogP contribution in [0.1, 0.15) is 32.6 Å². The molecule has 3 rings (SSSR count). The summed E-state index contributed by atoms with van der Waals surface area (Å²) in [5.74, 6) is -0.881. The SMILES string of the molecule is CC1Oc2ccccc2N(CCC(=O)N[C@H]2CC[C@@H](C(=O)O)C2)C1=O. The highest BCUT2D eigenvalue weighted by Crippen LogP contribution is 2.33. The second-order valence-electron chi connectivity index (χ2n) is 6.58. The maximum atomic E-state index is 12.4. The molecule has 1 aromatic carbocycles. The lowest BCUT2D eigenvalue weighted by atomic mass is 10.1. The first-order valence-corrected chi connectivity index (χ1v) is 8.55. The van der Waals surface area contributed by atoms with Crippen LogP contribution in [0.5, 0.6) is 5.75 Å². The minimum Gasteiger partial charge on any atom is -0.481 e. The number of carbonyl (C=O) groups excluding carboxylic acids is 2. The minimum atomic E-state index is -0.804. The number of carboxylic acid groups (broad SMARTS) is 1. The Morgan fingerprint density at radius 3 is 2.80 bits per heavy atom. The van der Waals surface area contributed by atoms with Crippen molar-refractivity contribution in [3.63, 3.8) is 0 Å². The van der Waals surface area contributed by atoms with Gasteiger partial charge in [0.2, 0.25) is 5.91 Å². The van der Waals surface area contributed by atoms with Crippen LogP contribution in [0.3, 0.4) is 0 Å². The summed E-state index contributed by atoms with van der Waals surface area (Å²) < 4.78 is 5.58. The Labute approximate surface area is 146 Å². The maximum Gasteiger partial charge on any atom is 0.306 e. The molecule has 0 bridgehead atoms. The summed E-state index contributed by atoms with van der Waals surface area (Å²) >= 11 is 0. The third-order valence-corrected chi connectivity index (χ3v) is 4.78. The molecule has 7 nitrogen and oxygen atoms in total. The predicted octanol–water partition coefficient (Wildman–Crippen LogP) is 1.56. The molecule has 1 heterocycles. The van der Waals surface area contributed by atoms with Gasteiger partial charge >= 0.3 is 5.97 Å². The Morgan fingerprint density at radius 1 is 1.32 bits per heavy atom. The summed E-state index contributed by atoms with van der Waals surface area (Å²) in [6, 6.07) is 7.16. The van der Waals surface area contributed by atoms with Gasteiger partial charge in [0.1, 0.15) is 5.75 Å². The Morgan fingerprint density at radius 2 is 2.08 bits per heavy atom. The number of para-hydroxylation sites is 2. The van der Waals surface area contributed by atoms with Crippen molar-refractivity contribution >= 4 is 23.5 Å². The second kappa shape index (κ2) is 7.13. The fourth-order valence-electron chi connectivity index (χ4n) is 3.44. The summed E-state index contributed by atoms with van der Waals surface area (Å²) in [7, 11) is 0. The molecule has 0 radical (unpaired) electrons. The smallest absolute Gasteiger partial charge is 0.306 e. The van der Waals surface area contributed by atoms with Gasteiger partial charge in [-0.1, -0.05) is 12.1 Å². The lowest BCUT2D eigenvalue weighted by molar-refractivity contribution is -0.141. The number of rotatable bonds is 5. The number of nitrogens with one attached hydrogen (secondary N) is 1. The fourth-order valence-corrected chi connectivity index (χ4v) is 3.44. The molecule has 1 fully saturated rings. The van der Waals surface area contributed by atoms with Crippen LogP contribution in [0.2, 0.25) is 0 Å². The molecule has 134 valence electrons. The van der Waals surface area contributed by atoms with E-state index in [1.165, 1.54) is 0 Å². The second-order valence-corrected chi connectivity index (χ2v) is 6.58. The van der Waals surface area contributed by atoms with Crippen LogP contribution in [-0.2, 0) is 14.4 Å². The summed E-state index contributed by atoms with van der Waals surface area (Å²) in [6.45, 7) is 1.96. The highest BCUT2D eigenvalue weighted by atomic mass is 16.5. The summed E-state index contributed by atoms with van der Waals surface area (Å²) in [6.07, 6.45) is 1.33. The average Bonchev–Trinajstić information content (AvgIpc) is 3.04. The quantitative estimate of drug-likeness (QED) is 0.843. The molecule has 2 amide bonds. The highest BCUT2D eigenvalue weighted by molar-refractivity contribution is 6.00. The zero-order chi connectivity index (χ0) is 18.0. The van der Waals surface area contributed by atoms with Crippen LogP contribution in [-0.4, -0.2) is 41.6 Å². The predicted molar refractivity (Wildman–Crippen MR) is 90.4 cm³/mol. The third-order valence-electron chi connectivity index (χ3n) is 4.78. The number of anilines is 1. The number of carbonyl (C=O) groups is 3. The van der Waals surface area contributed by atoms with E-state index in [1.807, 2.05) is 12.1 Å². The van der Waals surface area contributed by atoms with Crippen LogP contribution in [0.4, 0.5) is 5.69 Å². The first kappa shape index (κ1) is 17.3. The third kappa shape index (κ3) is 3.75. The zero-order valence-electron chi connectivity index (χ0n) is 14.1. The minimum absolute atomic E-state index is 0.0970. The van der Waals surface area contributed by atoms with E-state index in [0.29, 0.717) is 30.7 Å². The number of carboxylic acids is 1. The van der Waals surface area contributed by atoms with E-state index < -0.39 is 12.1 Å². The van der Waals surface area contributed by atoms with Gasteiger partial charge in [-0.25, -0.2) is 0 Å². The Bertz CT molecular complexity index is 690. The van der Waals surface area contributed by atoms with Gasteiger partial charge < -0.3 is 20.1 Å². The van der Waals surface area contributed by atoms with Crippen molar-refractivity contribution in [2.75, 3.05) is 11.4 Å². The molecular weight excluding hydrogens is 324 g/mol. The van der Waals surface area contributed by atoms with E-state index >= 15 is 0 Å². The molecule has 1 aromatic rings. The molecule has 1 aliphatic heterocycles. The number of ether oxygens (including phenoxy) is 1. The molecule has 2 N–H and O–H groups in total. The van der Waals surface area contributed by atoms with Crippen molar-refractivity contribution in [2.45, 2.75) is 44.8 Å². The van der Waals surface area contributed by atoms with E-state index in [4.69, 9.17) is 9.84 Å². The van der Waals surface area contributed by atoms with Gasteiger partial charge in [0.25, 0.3) is 5.91 Å². The largest absolute Gasteiger partial charge is 0.481 e. The van der Waals surface area contributed by atoms with Gasteiger partial charge in [0, 0.05) is 19.0 Å². The molecular formula is C18H22N2O5. The van der Waals surface area contributed by atoms with Crippen LogP contribution in [0, 0.1) is 5.92 Å². The number of aliphatic carboxylic acids is 1. The normalized spacial score (nSPS) is 25.2. The number of hydrogen-bond acceptors (Lipinski definition) is 4. The van der Waals surface area contributed by atoms with Gasteiger partial charge in [-0.3, -0.25) is 14.4 Å². The van der Waals surface area contributed by atoms with Gasteiger partial charge in [-0.2, -0.15) is 0 Å². The molecule has 0 spiro atoms. The van der Waals surface area contributed by atoms with E-state index in [-0.39, 0.29) is 36.7 Å². The van der Waals surface area contributed by atoms with E-state index in [1.54, 1.807) is 24.0 Å². The topological polar surface area (TPSA) is 95.9 Å². The van der Waals surface area contributed by atoms with E-state index in [0.717, 1.165) is 0 Å². The number of nitrogens with zero attached hydrogens (tertiary/aromatic N) is 1. The summed E-state index contributed by atoms with van der Waals surface area (Å²) in [5, 5.41) is 11.9. The van der Waals surface area contributed by atoms with E-state index in [2.05, 4.69) is 5.32 Å². The van der Waals surface area contributed by atoms with Gasteiger partial charge in [0.15, 0.2) is 6.10 Å². The van der Waals surface area contributed by atoms with Crippen LogP contribution in [0.25, 0.3) is 0 Å². The van der Waals surface area contributed by atoms with Crippen LogP contribution in [0.15, 0.2) is 24.3 Å². The van der Waals surface area contributed by atoms with Gasteiger partial charge in [-0.15, -0.1) is 0 Å². The molecule has 1 saturated carbocycles. The number of fused-ring (bicyclic) bond motifs is 1. The first-order valence-electron chi connectivity index (χ1n) is 8.55. The highest BCUT2D eigenvalue weighted by Gasteiger charge is 2.33. The maximum absolute atomic E-state index is 12.4. The molecule has 7 heteroatoms. The first-order chi connectivity index (χ1) is 12.0. The molecule has 1 unspecified atom stereocenters. The number of amides is 2. The standard InChI is InChI=1S/C18H22N2O5/c1-11-17(22)20(14-4-2-3-5-15(14)25-11)9-8-16(21)19-13-7-6-12(10-13)18(23)24/h2-5,11-13H,6-10H2,1H3,(H,19,21)(H,23,24)/t11?,12-,13+/m1/s1. The van der Waals surface area contributed by atoms with Crippen molar-refractivity contribution < 1.29 is 24.2 Å². The van der Waals surface area contributed by atoms with Crippen molar-refractivity contribution in [2.24, 2.45) is 5.92 Å². The summed E-state index contributed by atoms with van der Waals surface area (Å²) in [5.41, 5.74) is 0.671. The van der Waals surface area contributed by atoms with Crippen molar-refractivity contribution in [1.82, 2.24) is 5.32 Å². The average molecular weight is 346 g/mol. The van der Waals surface area contributed by atoms with E-state index in [9.17, 15) is 14.4 Å². The number of hydrogen-bond donors (Lipinski definition) is 2. The Hall–Kier alpha value is -2.57. The lowest BCUT2D eigenvalue weighted by Crippen LogP contribution is -2.46. The molecule has 1 aliphatic carbocycles. The van der Waals surface area contributed by atoms with Crippen molar-refractivity contribution in [1.29, 1.82) is 0 Å². The van der Waals surface area contributed by atoms with Gasteiger partial charge in [-0.05, 0) is 38.3 Å². The molecule has 0 saturated heterocycles. The van der Waals surface area contributed by atoms with Crippen LogP contribution < -0.4 is 15.0 Å². The molecule has 2 aliphatic rings. The summed E-state index contributed by atoms with van der Waals surface area (Å²) in [4.78, 5) is 37.1. The number of benzene rings is 1. The molecule has 3 atom stereocenters. The Kier molecular flexibility index (Phi) is 4.92. The lowest BCUT2D eigenvalue weighted by Gasteiger charge is -2.32. The Balaban J connectivity index is 1.57. The van der Waals surface area contributed by atoms with Crippen LogP contribution >= 0.6 is 0 Å².